The van der Waals surface area contributed by atoms with Gasteiger partial charge >= 0.3 is 0 Å². The number of H-pyrrole nitrogens is 1. The molecule has 0 aliphatic heterocycles. The largest absolute Gasteiger partial charge is 0.496 e. The van der Waals surface area contributed by atoms with Crippen LogP contribution in [0.5, 0.6) is 5.75 Å². The number of anilines is 1. The minimum Gasteiger partial charge on any atom is -0.496 e. The molecule has 1 amide bonds. The first-order valence-electron chi connectivity index (χ1n) is 7.53. The molecule has 3 rings (SSSR count). The predicted molar refractivity (Wildman–Crippen MR) is 89.0 cm³/mol. The van der Waals surface area contributed by atoms with Gasteiger partial charge in [0.2, 0.25) is 0 Å². The summed E-state index contributed by atoms with van der Waals surface area (Å²) in [5.41, 5.74) is 8.73. The summed E-state index contributed by atoms with van der Waals surface area (Å²) in [5, 5.41) is 3.28. The summed E-state index contributed by atoms with van der Waals surface area (Å²) in [6.45, 7) is 0.530. The number of methoxy groups -OCH3 is 1. The van der Waals surface area contributed by atoms with E-state index in [4.69, 9.17) is 22.1 Å². The number of fused-ring (bicyclic) bond motifs is 1. The SMILES string of the molecule is COc1cc(N)c(Cl)cc1C(=O)NCC1CCCc2[nH]cnc21. The molecule has 23 heavy (non-hydrogen) atoms. The normalized spacial score (nSPS) is 16.7. The molecule has 1 aliphatic rings. The molecule has 0 fully saturated rings. The number of halogens is 1. The molecule has 2 aromatic rings. The monoisotopic (exact) mass is 334 g/mol. The molecule has 122 valence electrons. The number of aromatic nitrogens is 2. The van der Waals surface area contributed by atoms with Gasteiger partial charge in [-0.25, -0.2) is 4.98 Å². The Bertz CT molecular complexity index is 729. The summed E-state index contributed by atoms with van der Waals surface area (Å²) in [5.74, 6) is 0.407. The number of nitrogen functional groups attached to an aromatic ring is 1. The molecule has 7 heteroatoms. The Labute approximate surface area is 139 Å². The number of imidazole rings is 1. The third-order valence-electron chi connectivity index (χ3n) is 4.19. The number of nitrogens with zero attached hydrogens (tertiary/aromatic N) is 1. The number of aryl methyl sites for hydroxylation is 1. The second-order valence-corrected chi connectivity index (χ2v) is 6.05. The minimum atomic E-state index is -0.230. The summed E-state index contributed by atoms with van der Waals surface area (Å²) >= 11 is 6.01. The Kier molecular flexibility index (Phi) is 4.43. The van der Waals surface area contributed by atoms with Crippen LogP contribution in [0.3, 0.4) is 0 Å². The Balaban J connectivity index is 1.73. The fourth-order valence-electron chi connectivity index (χ4n) is 2.97. The predicted octanol–water partition coefficient (Wildman–Crippen LogP) is 2.50. The van der Waals surface area contributed by atoms with Crippen molar-refractivity contribution in [3.63, 3.8) is 0 Å². The van der Waals surface area contributed by atoms with E-state index in [2.05, 4.69) is 15.3 Å². The van der Waals surface area contributed by atoms with Crippen molar-refractivity contribution in [2.75, 3.05) is 19.4 Å². The molecule has 1 atom stereocenters. The lowest BCUT2D eigenvalue weighted by molar-refractivity contribution is 0.0947. The van der Waals surface area contributed by atoms with E-state index in [0.717, 1.165) is 25.0 Å². The Morgan fingerprint density at radius 3 is 3.17 bits per heavy atom. The van der Waals surface area contributed by atoms with Crippen molar-refractivity contribution in [1.82, 2.24) is 15.3 Å². The van der Waals surface area contributed by atoms with Crippen molar-refractivity contribution in [3.05, 3.63) is 40.4 Å². The van der Waals surface area contributed by atoms with Gasteiger partial charge in [-0.3, -0.25) is 4.79 Å². The van der Waals surface area contributed by atoms with E-state index in [0.29, 0.717) is 28.6 Å². The topological polar surface area (TPSA) is 93.0 Å². The molecule has 1 unspecified atom stereocenters. The highest BCUT2D eigenvalue weighted by Crippen LogP contribution is 2.30. The molecule has 0 spiro atoms. The quantitative estimate of drug-likeness (QED) is 0.749. The van der Waals surface area contributed by atoms with Gasteiger partial charge in [0.15, 0.2) is 0 Å². The number of aromatic amines is 1. The molecule has 0 bridgehead atoms. The van der Waals surface area contributed by atoms with Crippen molar-refractivity contribution in [2.24, 2.45) is 0 Å². The molecular formula is C16H19ClN4O2. The Morgan fingerprint density at radius 1 is 1.57 bits per heavy atom. The summed E-state index contributed by atoms with van der Waals surface area (Å²) < 4.78 is 5.22. The molecule has 1 heterocycles. The molecule has 4 N–H and O–H groups in total. The van der Waals surface area contributed by atoms with Gasteiger partial charge in [-0.2, -0.15) is 0 Å². The van der Waals surface area contributed by atoms with Gasteiger partial charge in [-0.1, -0.05) is 11.6 Å². The first-order valence-corrected chi connectivity index (χ1v) is 7.91. The maximum atomic E-state index is 12.5. The van der Waals surface area contributed by atoms with E-state index in [1.54, 1.807) is 12.4 Å². The third-order valence-corrected chi connectivity index (χ3v) is 4.52. The zero-order chi connectivity index (χ0) is 16.4. The number of ether oxygens (including phenoxy) is 1. The van der Waals surface area contributed by atoms with E-state index in [9.17, 15) is 4.79 Å². The lowest BCUT2D eigenvalue weighted by atomic mass is 9.90. The van der Waals surface area contributed by atoms with Crippen LogP contribution in [0.4, 0.5) is 5.69 Å². The molecule has 0 saturated carbocycles. The van der Waals surface area contributed by atoms with Crippen LogP contribution in [-0.4, -0.2) is 29.5 Å². The number of nitrogens with two attached hydrogens (primary N) is 1. The standard InChI is InChI=1S/C16H19ClN4O2/c1-23-14-6-12(18)11(17)5-10(14)16(22)19-7-9-3-2-4-13-15(9)21-8-20-13/h5-6,8-9H,2-4,7,18H2,1H3,(H,19,22)(H,20,21). The smallest absolute Gasteiger partial charge is 0.255 e. The van der Waals surface area contributed by atoms with Crippen LogP contribution >= 0.6 is 11.6 Å². The number of carbonyl (C=O) groups is 1. The highest BCUT2D eigenvalue weighted by Gasteiger charge is 2.24. The zero-order valence-electron chi connectivity index (χ0n) is 12.9. The van der Waals surface area contributed by atoms with E-state index < -0.39 is 0 Å². The van der Waals surface area contributed by atoms with Gasteiger partial charge in [0.1, 0.15) is 5.75 Å². The van der Waals surface area contributed by atoms with Crippen LogP contribution in [0.1, 0.15) is 40.5 Å². The second-order valence-electron chi connectivity index (χ2n) is 5.64. The molecule has 0 saturated heterocycles. The van der Waals surface area contributed by atoms with Crippen LogP contribution < -0.4 is 15.8 Å². The van der Waals surface area contributed by atoms with E-state index >= 15 is 0 Å². The third kappa shape index (κ3) is 3.12. The first-order chi connectivity index (χ1) is 11.1. The maximum absolute atomic E-state index is 12.5. The number of nitrogens with one attached hydrogen (secondary N) is 2. The fraction of sp³-hybridized carbons (Fsp3) is 0.375. The molecule has 6 nitrogen and oxygen atoms in total. The Hall–Kier alpha value is -2.21. The zero-order valence-corrected chi connectivity index (χ0v) is 13.6. The minimum absolute atomic E-state index is 0.226. The van der Waals surface area contributed by atoms with Gasteiger partial charge in [0.25, 0.3) is 5.91 Å². The van der Waals surface area contributed by atoms with Crippen molar-refractivity contribution in [3.8, 4) is 5.75 Å². The molecule has 1 aliphatic carbocycles. The van der Waals surface area contributed by atoms with E-state index in [1.807, 2.05) is 0 Å². The Morgan fingerprint density at radius 2 is 2.39 bits per heavy atom. The maximum Gasteiger partial charge on any atom is 0.255 e. The molecule has 0 radical (unpaired) electrons. The summed E-state index contributed by atoms with van der Waals surface area (Å²) in [6.07, 6.45) is 4.83. The average molecular weight is 335 g/mol. The molecule has 1 aromatic heterocycles. The van der Waals surface area contributed by atoms with Crippen LogP contribution in [0.2, 0.25) is 5.02 Å². The number of rotatable bonds is 4. The van der Waals surface area contributed by atoms with E-state index in [-0.39, 0.29) is 11.8 Å². The van der Waals surface area contributed by atoms with Gasteiger partial charge < -0.3 is 20.8 Å². The number of carbonyl (C=O) groups excluding carboxylic acids is 1. The average Bonchev–Trinajstić information content (AvgIpc) is 3.03. The van der Waals surface area contributed by atoms with E-state index in [1.165, 1.54) is 18.9 Å². The van der Waals surface area contributed by atoms with Gasteiger partial charge in [-0.05, 0) is 25.3 Å². The summed E-state index contributed by atoms with van der Waals surface area (Å²) in [4.78, 5) is 20.0. The second kappa shape index (κ2) is 6.50. The number of benzene rings is 1. The lowest BCUT2D eigenvalue weighted by Crippen LogP contribution is -2.30. The van der Waals surface area contributed by atoms with Gasteiger partial charge in [0.05, 0.1) is 35.4 Å². The van der Waals surface area contributed by atoms with Crippen molar-refractivity contribution in [2.45, 2.75) is 25.2 Å². The number of amides is 1. The molecular weight excluding hydrogens is 316 g/mol. The van der Waals surface area contributed by atoms with Crippen molar-refractivity contribution < 1.29 is 9.53 Å². The van der Waals surface area contributed by atoms with Crippen molar-refractivity contribution >= 4 is 23.2 Å². The van der Waals surface area contributed by atoms with Gasteiger partial charge in [0, 0.05) is 24.2 Å². The number of hydrogen-bond donors (Lipinski definition) is 3. The van der Waals surface area contributed by atoms with Crippen LogP contribution in [0, 0.1) is 0 Å². The highest BCUT2D eigenvalue weighted by molar-refractivity contribution is 6.33. The summed E-state index contributed by atoms with van der Waals surface area (Å²) in [7, 11) is 1.50. The van der Waals surface area contributed by atoms with Crippen LogP contribution in [-0.2, 0) is 6.42 Å². The highest BCUT2D eigenvalue weighted by atomic mass is 35.5. The fourth-order valence-corrected chi connectivity index (χ4v) is 3.13. The van der Waals surface area contributed by atoms with Gasteiger partial charge in [-0.15, -0.1) is 0 Å². The van der Waals surface area contributed by atoms with Crippen molar-refractivity contribution in [1.29, 1.82) is 0 Å². The first kappa shape index (κ1) is 15.7. The van der Waals surface area contributed by atoms with Crippen LogP contribution in [0.25, 0.3) is 0 Å². The molecule has 1 aromatic carbocycles. The number of hydrogen-bond acceptors (Lipinski definition) is 4. The lowest BCUT2D eigenvalue weighted by Gasteiger charge is -2.21. The van der Waals surface area contributed by atoms with Crippen LogP contribution in [0.15, 0.2) is 18.5 Å². The summed E-state index contributed by atoms with van der Waals surface area (Å²) in [6, 6.07) is 3.09.